The predicted octanol–water partition coefficient (Wildman–Crippen LogP) is 5.50. The molecule has 0 aliphatic heterocycles. The number of halogens is 5. The maximum atomic E-state index is 14.6. The standard InChI is InChI=1S/C20H21F4NO2.ClH/c1-4-27-17(26)10-16(25)14-8-13(9-15(19(14)21)20(22,23)24)18-11(2)6-5-7-12(18)3;/h5-9,16H,4,10,25H2,1-3H3;1H. The molecule has 2 aromatic carbocycles. The summed E-state index contributed by atoms with van der Waals surface area (Å²) in [5.41, 5.74) is 6.36. The number of carbonyl (C=O) groups excluding carboxylic acids is 1. The van der Waals surface area contributed by atoms with Gasteiger partial charge in [0, 0.05) is 11.6 Å². The number of carbonyl (C=O) groups is 1. The molecule has 154 valence electrons. The summed E-state index contributed by atoms with van der Waals surface area (Å²) < 4.78 is 59.6. The van der Waals surface area contributed by atoms with Crippen LogP contribution in [0.5, 0.6) is 0 Å². The molecule has 0 aliphatic carbocycles. The molecule has 0 saturated heterocycles. The average Bonchev–Trinajstić information content (AvgIpc) is 2.54. The molecule has 28 heavy (non-hydrogen) atoms. The number of nitrogens with two attached hydrogens (primary N) is 1. The Kier molecular flexibility index (Phi) is 8.02. The fourth-order valence-electron chi connectivity index (χ4n) is 3.05. The molecule has 1 unspecified atom stereocenters. The van der Waals surface area contributed by atoms with E-state index in [1.54, 1.807) is 39.0 Å². The quantitative estimate of drug-likeness (QED) is 0.514. The van der Waals surface area contributed by atoms with Crippen LogP contribution in [0.4, 0.5) is 17.6 Å². The summed E-state index contributed by atoms with van der Waals surface area (Å²) in [6, 6.07) is 6.12. The summed E-state index contributed by atoms with van der Waals surface area (Å²) in [6.45, 7) is 5.21. The molecule has 2 N–H and O–H groups in total. The zero-order valence-electron chi connectivity index (χ0n) is 15.7. The van der Waals surface area contributed by atoms with Crippen LogP contribution in [0.25, 0.3) is 11.1 Å². The lowest BCUT2D eigenvalue weighted by molar-refractivity contribution is -0.143. The van der Waals surface area contributed by atoms with E-state index in [4.69, 9.17) is 10.5 Å². The van der Waals surface area contributed by atoms with E-state index in [1.807, 2.05) is 0 Å². The van der Waals surface area contributed by atoms with Crippen LogP contribution in [0.15, 0.2) is 30.3 Å². The van der Waals surface area contributed by atoms with Gasteiger partial charge in [0.05, 0.1) is 18.6 Å². The molecular formula is C20H22ClF4NO2. The summed E-state index contributed by atoms with van der Waals surface area (Å²) in [5, 5.41) is 0. The number of hydrogen-bond donors (Lipinski definition) is 1. The van der Waals surface area contributed by atoms with Gasteiger partial charge in [-0.1, -0.05) is 18.2 Å². The third-order valence-corrected chi connectivity index (χ3v) is 4.27. The Hall–Kier alpha value is -2.12. The highest BCUT2D eigenvalue weighted by atomic mass is 35.5. The van der Waals surface area contributed by atoms with Crippen molar-refractivity contribution in [1.82, 2.24) is 0 Å². The molecule has 3 nitrogen and oxygen atoms in total. The van der Waals surface area contributed by atoms with Crippen molar-refractivity contribution in [2.45, 2.75) is 39.4 Å². The van der Waals surface area contributed by atoms with Gasteiger partial charge in [-0.05, 0) is 55.2 Å². The third-order valence-electron chi connectivity index (χ3n) is 4.27. The molecule has 8 heteroatoms. The van der Waals surface area contributed by atoms with Crippen LogP contribution in [0.3, 0.4) is 0 Å². The lowest BCUT2D eigenvalue weighted by atomic mass is 9.90. The van der Waals surface area contributed by atoms with E-state index in [9.17, 15) is 22.4 Å². The van der Waals surface area contributed by atoms with Crippen molar-refractivity contribution in [2.24, 2.45) is 5.73 Å². The van der Waals surface area contributed by atoms with Crippen LogP contribution in [-0.2, 0) is 15.7 Å². The Labute approximate surface area is 167 Å². The lowest BCUT2D eigenvalue weighted by Crippen LogP contribution is -2.20. The van der Waals surface area contributed by atoms with Gasteiger partial charge in [-0.2, -0.15) is 13.2 Å². The van der Waals surface area contributed by atoms with Gasteiger partial charge in [-0.3, -0.25) is 4.79 Å². The van der Waals surface area contributed by atoms with Crippen LogP contribution in [0, 0.1) is 19.7 Å². The Morgan fingerprint density at radius 1 is 1.18 bits per heavy atom. The van der Waals surface area contributed by atoms with Gasteiger partial charge in [0.25, 0.3) is 0 Å². The van der Waals surface area contributed by atoms with E-state index in [0.717, 1.165) is 17.2 Å². The first kappa shape index (κ1) is 23.9. The van der Waals surface area contributed by atoms with Crippen LogP contribution in [0.1, 0.15) is 41.6 Å². The maximum Gasteiger partial charge on any atom is 0.419 e. The van der Waals surface area contributed by atoms with Crippen molar-refractivity contribution >= 4 is 18.4 Å². The number of alkyl halides is 3. The molecule has 0 amide bonds. The zero-order chi connectivity index (χ0) is 20.4. The van der Waals surface area contributed by atoms with Crippen LogP contribution in [0.2, 0.25) is 0 Å². The van der Waals surface area contributed by atoms with E-state index in [1.165, 1.54) is 6.07 Å². The number of benzene rings is 2. The van der Waals surface area contributed by atoms with Gasteiger partial charge in [0.2, 0.25) is 0 Å². The molecule has 0 spiro atoms. The van der Waals surface area contributed by atoms with Crippen molar-refractivity contribution in [3.8, 4) is 11.1 Å². The first-order valence-electron chi connectivity index (χ1n) is 8.44. The molecule has 0 saturated carbocycles. The molecule has 2 rings (SSSR count). The number of hydrogen-bond acceptors (Lipinski definition) is 3. The fourth-order valence-corrected chi connectivity index (χ4v) is 3.05. The van der Waals surface area contributed by atoms with Crippen LogP contribution >= 0.6 is 12.4 Å². The second kappa shape index (κ2) is 9.39. The Balaban J connectivity index is 0.00000392. The van der Waals surface area contributed by atoms with Crippen molar-refractivity contribution in [3.63, 3.8) is 0 Å². The van der Waals surface area contributed by atoms with Crippen LogP contribution < -0.4 is 5.73 Å². The lowest BCUT2D eigenvalue weighted by Gasteiger charge is -2.19. The zero-order valence-corrected chi connectivity index (χ0v) is 16.5. The van der Waals surface area contributed by atoms with Gasteiger partial charge in [-0.25, -0.2) is 4.39 Å². The molecule has 0 fully saturated rings. The predicted molar refractivity (Wildman–Crippen MR) is 102 cm³/mol. The minimum absolute atomic E-state index is 0. The van der Waals surface area contributed by atoms with E-state index in [-0.39, 0.29) is 30.1 Å². The van der Waals surface area contributed by atoms with Crippen molar-refractivity contribution in [1.29, 1.82) is 0 Å². The van der Waals surface area contributed by atoms with Crippen molar-refractivity contribution in [2.75, 3.05) is 6.61 Å². The second-order valence-corrected chi connectivity index (χ2v) is 6.31. The molecule has 0 radical (unpaired) electrons. The second-order valence-electron chi connectivity index (χ2n) is 6.31. The minimum Gasteiger partial charge on any atom is -0.466 e. The smallest absolute Gasteiger partial charge is 0.419 e. The fraction of sp³-hybridized carbons (Fsp3) is 0.350. The number of esters is 1. The van der Waals surface area contributed by atoms with E-state index in [2.05, 4.69) is 0 Å². The van der Waals surface area contributed by atoms with E-state index in [0.29, 0.717) is 5.56 Å². The maximum absolute atomic E-state index is 14.6. The van der Waals surface area contributed by atoms with Gasteiger partial charge in [0.1, 0.15) is 5.82 Å². The van der Waals surface area contributed by atoms with Crippen molar-refractivity contribution in [3.05, 3.63) is 58.4 Å². The molecule has 0 bridgehead atoms. The van der Waals surface area contributed by atoms with E-state index < -0.39 is 36.0 Å². The monoisotopic (exact) mass is 419 g/mol. The largest absolute Gasteiger partial charge is 0.466 e. The third kappa shape index (κ3) is 5.23. The SMILES string of the molecule is CCOC(=O)CC(N)c1cc(-c2c(C)cccc2C)cc(C(F)(F)F)c1F.Cl. The summed E-state index contributed by atoms with van der Waals surface area (Å²) in [6.07, 6.45) is -5.31. The molecule has 0 aliphatic rings. The molecule has 1 atom stereocenters. The summed E-state index contributed by atoms with van der Waals surface area (Å²) >= 11 is 0. The number of rotatable bonds is 5. The summed E-state index contributed by atoms with van der Waals surface area (Å²) in [5.74, 6) is -2.16. The average molecular weight is 420 g/mol. The molecule has 0 heterocycles. The molecular weight excluding hydrogens is 398 g/mol. The van der Waals surface area contributed by atoms with Crippen molar-refractivity contribution < 1.29 is 27.1 Å². The number of aryl methyl sites for hydroxylation is 2. The first-order chi connectivity index (χ1) is 12.6. The Morgan fingerprint density at radius 2 is 1.75 bits per heavy atom. The van der Waals surface area contributed by atoms with Gasteiger partial charge >= 0.3 is 12.1 Å². The summed E-state index contributed by atoms with van der Waals surface area (Å²) in [4.78, 5) is 11.6. The Bertz CT molecular complexity index is 833. The first-order valence-corrected chi connectivity index (χ1v) is 8.44. The highest BCUT2D eigenvalue weighted by Crippen LogP contribution is 2.39. The molecule has 2 aromatic rings. The Morgan fingerprint density at radius 3 is 2.25 bits per heavy atom. The molecule has 0 aromatic heterocycles. The van der Waals surface area contributed by atoms with Gasteiger partial charge in [0.15, 0.2) is 0 Å². The highest BCUT2D eigenvalue weighted by molar-refractivity contribution is 5.85. The summed E-state index contributed by atoms with van der Waals surface area (Å²) in [7, 11) is 0. The highest BCUT2D eigenvalue weighted by Gasteiger charge is 2.37. The van der Waals surface area contributed by atoms with Gasteiger partial charge in [-0.15, -0.1) is 12.4 Å². The van der Waals surface area contributed by atoms with Crippen LogP contribution in [-0.4, -0.2) is 12.6 Å². The van der Waals surface area contributed by atoms with E-state index >= 15 is 0 Å². The normalized spacial score (nSPS) is 12.3. The minimum atomic E-state index is -4.89. The van der Waals surface area contributed by atoms with Gasteiger partial charge < -0.3 is 10.5 Å². The number of ether oxygens (including phenoxy) is 1. The topological polar surface area (TPSA) is 52.3 Å².